The molecule has 0 amide bonds. The number of hydrogen-bond donors (Lipinski definition) is 3. The van der Waals surface area contributed by atoms with E-state index in [1.807, 2.05) is 0 Å². The zero-order valence-electron chi connectivity index (χ0n) is 13.6. The van der Waals surface area contributed by atoms with Crippen LogP contribution in [0.2, 0.25) is 0 Å². The van der Waals surface area contributed by atoms with Crippen molar-refractivity contribution in [2.45, 2.75) is 24.7 Å². The molecule has 1 aromatic heterocycles. The van der Waals surface area contributed by atoms with Gasteiger partial charge in [0, 0.05) is 29.2 Å². The van der Waals surface area contributed by atoms with Gasteiger partial charge in [-0.15, -0.1) is 0 Å². The van der Waals surface area contributed by atoms with E-state index >= 15 is 0 Å². The minimum absolute atomic E-state index is 0.146. The van der Waals surface area contributed by atoms with E-state index < -0.39 is 24.2 Å². The Kier molecular flexibility index (Phi) is 4.63. The van der Waals surface area contributed by atoms with Gasteiger partial charge in [-0.25, -0.2) is 9.59 Å². The van der Waals surface area contributed by atoms with E-state index in [2.05, 4.69) is 15.0 Å². The number of halogens is 3. The van der Waals surface area contributed by atoms with Crippen LogP contribution in [-0.4, -0.2) is 42.8 Å². The van der Waals surface area contributed by atoms with Gasteiger partial charge in [-0.1, -0.05) is 0 Å². The number of aromatic amines is 1. The molecule has 1 aromatic carbocycles. The van der Waals surface area contributed by atoms with Crippen molar-refractivity contribution in [1.82, 2.24) is 10.3 Å². The van der Waals surface area contributed by atoms with Crippen LogP contribution in [0, 0.1) is 0 Å². The second-order valence-electron chi connectivity index (χ2n) is 5.87. The lowest BCUT2D eigenvalue weighted by Crippen LogP contribution is -2.47. The highest BCUT2D eigenvalue weighted by atomic mass is 19.4. The fourth-order valence-corrected chi connectivity index (χ4v) is 3.01. The number of fused-ring (bicyclic) bond motifs is 3. The van der Waals surface area contributed by atoms with E-state index in [0.29, 0.717) is 23.4 Å². The van der Waals surface area contributed by atoms with E-state index in [1.165, 1.54) is 7.11 Å². The number of H-pyrrole nitrogens is 1. The van der Waals surface area contributed by atoms with Crippen LogP contribution in [0.4, 0.5) is 13.2 Å². The van der Waals surface area contributed by atoms with Crippen LogP contribution < -0.4 is 15.8 Å². The Balaban J connectivity index is 2.00. The minimum atomic E-state index is -5.26. The zero-order valence-corrected chi connectivity index (χ0v) is 13.6. The normalized spacial score (nSPS) is 19.9. The summed E-state index contributed by atoms with van der Waals surface area (Å²) in [4.78, 5) is 26.2. The minimum Gasteiger partial charge on any atom is -0.497 e. The predicted octanol–water partition coefficient (Wildman–Crippen LogP) is 1.32. The molecule has 0 saturated heterocycles. The maximum Gasteiger partial charge on any atom is 0.491 e. The van der Waals surface area contributed by atoms with Crippen molar-refractivity contribution in [3.8, 4) is 5.75 Å². The first-order valence-electron chi connectivity index (χ1n) is 7.72. The average molecular weight is 371 g/mol. The van der Waals surface area contributed by atoms with Gasteiger partial charge in [0.2, 0.25) is 0 Å². The number of benzene rings is 1. The SMILES string of the molecule is COc1ccc2[nH]c3c(c2c1)CC(CN)NC3C(=O)OC(=O)C(F)(F)F. The Hall–Kier alpha value is -2.59. The van der Waals surface area contributed by atoms with Crippen molar-refractivity contribution in [2.75, 3.05) is 13.7 Å². The molecule has 0 aliphatic carbocycles. The summed E-state index contributed by atoms with van der Waals surface area (Å²) in [5.41, 5.74) is 7.40. The molecule has 140 valence electrons. The van der Waals surface area contributed by atoms with E-state index in [1.54, 1.807) is 18.2 Å². The van der Waals surface area contributed by atoms with Gasteiger partial charge in [0.1, 0.15) is 11.8 Å². The molecule has 7 nitrogen and oxygen atoms in total. The van der Waals surface area contributed by atoms with Crippen molar-refractivity contribution in [3.63, 3.8) is 0 Å². The summed E-state index contributed by atoms with van der Waals surface area (Å²) in [5.74, 6) is -3.31. The number of ether oxygens (including phenoxy) is 2. The fraction of sp³-hybridized carbons (Fsp3) is 0.375. The lowest BCUT2D eigenvalue weighted by Gasteiger charge is -2.29. The summed E-state index contributed by atoms with van der Waals surface area (Å²) < 4.78 is 46.3. The van der Waals surface area contributed by atoms with Crippen molar-refractivity contribution in [1.29, 1.82) is 0 Å². The Morgan fingerprint density at radius 1 is 1.35 bits per heavy atom. The lowest BCUT2D eigenvalue weighted by molar-refractivity contribution is -0.202. The predicted molar refractivity (Wildman–Crippen MR) is 84.4 cm³/mol. The third-order valence-corrected chi connectivity index (χ3v) is 4.23. The van der Waals surface area contributed by atoms with Gasteiger partial charge in [0.05, 0.1) is 7.11 Å². The number of nitrogens with two attached hydrogens (primary N) is 1. The molecular weight excluding hydrogens is 355 g/mol. The highest BCUT2D eigenvalue weighted by molar-refractivity contribution is 5.94. The van der Waals surface area contributed by atoms with Crippen LogP contribution in [-0.2, 0) is 20.7 Å². The number of hydrogen-bond acceptors (Lipinski definition) is 6. The van der Waals surface area contributed by atoms with E-state index in [-0.39, 0.29) is 12.6 Å². The highest BCUT2D eigenvalue weighted by Crippen LogP contribution is 2.34. The number of rotatable bonds is 3. The second kappa shape index (κ2) is 6.61. The molecule has 0 spiro atoms. The molecule has 4 N–H and O–H groups in total. The number of carbonyl (C=O) groups is 2. The summed E-state index contributed by atoms with van der Waals surface area (Å²) in [6.07, 6.45) is -4.80. The van der Waals surface area contributed by atoms with E-state index in [4.69, 9.17) is 10.5 Å². The van der Waals surface area contributed by atoms with Crippen LogP contribution in [0.3, 0.4) is 0 Å². The zero-order chi connectivity index (χ0) is 19.1. The number of carbonyl (C=O) groups excluding carboxylic acids is 2. The summed E-state index contributed by atoms with van der Waals surface area (Å²) >= 11 is 0. The molecular formula is C16H16F3N3O4. The van der Waals surface area contributed by atoms with Gasteiger partial charge in [-0.2, -0.15) is 13.2 Å². The maximum atomic E-state index is 12.4. The summed E-state index contributed by atoms with van der Waals surface area (Å²) in [7, 11) is 1.51. The van der Waals surface area contributed by atoms with Crippen molar-refractivity contribution in [3.05, 3.63) is 29.5 Å². The van der Waals surface area contributed by atoms with Gasteiger partial charge in [-0.05, 0) is 30.2 Å². The smallest absolute Gasteiger partial charge is 0.491 e. The van der Waals surface area contributed by atoms with Crippen LogP contribution >= 0.6 is 0 Å². The number of esters is 2. The molecule has 0 fully saturated rings. The van der Waals surface area contributed by atoms with E-state index in [0.717, 1.165) is 10.9 Å². The van der Waals surface area contributed by atoms with Crippen LogP contribution in [0.15, 0.2) is 18.2 Å². The van der Waals surface area contributed by atoms with Gasteiger partial charge < -0.3 is 20.2 Å². The third kappa shape index (κ3) is 3.25. The molecule has 2 atom stereocenters. The molecule has 0 radical (unpaired) electrons. The van der Waals surface area contributed by atoms with Gasteiger partial charge in [0.25, 0.3) is 0 Å². The number of alkyl halides is 3. The molecule has 2 unspecified atom stereocenters. The van der Waals surface area contributed by atoms with Gasteiger partial charge in [0.15, 0.2) is 0 Å². The number of methoxy groups -OCH3 is 1. The standard InChI is InChI=1S/C16H16F3N3O4/c1-25-8-2-3-11-9(5-8)10-4-7(6-20)21-13(12(10)22-11)14(23)26-15(24)16(17,18)19/h2-3,5,7,13,21-22H,4,6,20H2,1H3. The molecule has 2 heterocycles. The Labute approximate surface area is 145 Å². The van der Waals surface area contributed by atoms with Gasteiger partial charge >= 0.3 is 18.1 Å². The van der Waals surface area contributed by atoms with Crippen molar-refractivity contribution >= 4 is 22.8 Å². The molecule has 10 heteroatoms. The molecule has 0 bridgehead atoms. The highest BCUT2D eigenvalue weighted by Gasteiger charge is 2.44. The van der Waals surface area contributed by atoms with E-state index in [9.17, 15) is 22.8 Å². The number of aromatic nitrogens is 1. The number of nitrogens with one attached hydrogen (secondary N) is 2. The molecule has 26 heavy (non-hydrogen) atoms. The summed E-state index contributed by atoms with van der Waals surface area (Å²) in [6.45, 7) is 0.146. The largest absolute Gasteiger partial charge is 0.497 e. The maximum absolute atomic E-state index is 12.4. The topological polar surface area (TPSA) is 106 Å². The quantitative estimate of drug-likeness (QED) is 0.555. The van der Waals surface area contributed by atoms with Crippen LogP contribution in [0.5, 0.6) is 5.75 Å². The Morgan fingerprint density at radius 3 is 2.69 bits per heavy atom. The van der Waals surface area contributed by atoms with Gasteiger partial charge in [-0.3, -0.25) is 5.32 Å². The summed E-state index contributed by atoms with van der Waals surface area (Å²) in [5, 5.41) is 3.59. The van der Waals surface area contributed by atoms with Crippen LogP contribution in [0.1, 0.15) is 17.3 Å². The second-order valence-corrected chi connectivity index (χ2v) is 5.87. The fourth-order valence-electron chi connectivity index (χ4n) is 3.01. The average Bonchev–Trinajstić information content (AvgIpc) is 2.97. The van der Waals surface area contributed by atoms with Crippen LogP contribution in [0.25, 0.3) is 10.9 Å². The Bertz CT molecular complexity index is 862. The van der Waals surface area contributed by atoms with Crippen molar-refractivity contribution < 1.29 is 32.2 Å². The molecule has 1 aliphatic heterocycles. The van der Waals surface area contributed by atoms with Crippen molar-refractivity contribution in [2.24, 2.45) is 5.73 Å². The lowest BCUT2D eigenvalue weighted by atomic mass is 9.94. The molecule has 3 rings (SSSR count). The first kappa shape index (κ1) is 18.2. The molecule has 1 aliphatic rings. The summed E-state index contributed by atoms with van der Waals surface area (Å²) in [6, 6.07) is 3.56. The third-order valence-electron chi connectivity index (χ3n) is 4.23. The monoisotopic (exact) mass is 371 g/mol. The Morgan fingerprint density at radius 2 is 2.08 bits per heavy atom. The molecule has 2 aromatic rings. The first-order valence-corrected chi connectivity index (χ1v) is 7.72. The molecule has 0 saturated carbocycles. The first-order chi connectivity index (χ1) is 12.2.